The van der Waals surface area contributed by atoms with Gasteiger partial charge >= 0.3 is 0 Å². The van der Waals surface area contributed by atoms with Crippen LogP contribution in [0.1, 0.15) is 31.4 Å². The molecule has 21 heavy (non-hydrogen) atoms. The molecule has 1 amide bonds. The van der Waals surface area contributed by atoms with Crippen molar-refractivity contribution < 1.29 is 14.3 Å². The number of rotatable bonds is 4. The van der Waals surface area contributed by atoms with Gasteiger partial charge in [0.15, 0.2) is 11.5 Å². The van der Waals surface area contributed by atoms with Gasteiger partial charge in [-0.2, -0.15) is 0 Å². The van der Waals surface area contributed by atoms with E-state index in [1.807, 2.05) is 23.1 Å². The smallest absolute Gasteiger partial charge is 0.239 e. The molecule has 1 saturated heterocycles. The lowest BCUT2D eigenvalue weighted by atomic mass is 10.0. The predicted octanol–water partition coefficient (Wildman–Crippen LogP) is 2.14. The van der Waals surface area contributed by atoms with Gasteiger partial charge in [-0.3, -0.25) is 4.79 Å². The lowest BCUT2D eigenvalue weighted by molar-refractivity contribution is -0.133. The molecule has 1 unspecified atom stereocenters. The first kappa shape index (κ1) is 17.6. The number of carbonyl (C=O) groups is 1. The van der Waals surface area contributed by atoms with E-state index in [1.54, 1.807) is 21.1 Å². The van der Waals surface area contributed by atoms with Gasteiger partial charge in [-0.15, -0.1) is 12.4 Å². The summed E-state index contributed by atoms with van der Waals surface area (Å²) in [6.07, 6.45) is 1.95. The minimum Gasteiger partial charge on any atom is -0.493 e. The van der Waals surface area contributed by atoms with Crippen molar-refractivity contribution in [1.29, 1.82) is 0 Å². The van der Waals surface area contributed by atoms with Gasteiger partial charge in [-0.25, -0.2) is 0 Å². The molecular formula is C15H23ClN2O3. The molecule has 1 aliphatic heterocycles. The van der Waals surface area contributed by atoms with Crippen molar-refractivity contribution in [3.8, 4) is 11.5 Å². The van der Waals surface area contributed by atoms with Gasteiger partial charge < -0.3 is 20.1 Å². The molecule has 0 aliphatic carbocycles. The number of amides is 1. The monoisotopic (exact) mass is 314 g/mol. The van der Waals surface area contributed by atoms with Crippen LogP contribution in [0.5, 0.6) is 11.5 Å². The molecule has 2 rings (SSSR count). The Balaban J connectivity index is 0.00000220. The molecule has 2 atom stereocenters. The van der Waals surface area contributed by atoms with Gasteiger partial charge in [0.2, 0.25) is 5.91 Å². The molecule has 0 aromatic heterocycles. The van der Waals surface area contributed by atoms with E-state index in [0.717, 1.165) is 24.9 Å². The van der Waals surface area contributed by atoms with Crippen LogP contribution in [0.15, 0.2) is 18.2 Å². The normalized spacial score (nSPS) is 18.9. The van der Waals surface area contributed by atoms with E-state index in [9.17, 15) is 4.79 Å². The molecular weight excluding hydrogens is 292 g/mol. The predicted molar refractivity (Wildman–Crippen MR) is 84.1 cm³/mol. The Morgan fingerprint density at radius 3 is 2.57 bits per heavy atom. The molecule has 1 aromatic rings. The maximum atomic E-state index is 12.2. The van der Waals surface area contributed by atoms with E-state index >= 15 is 0 Å². The standard InChI is InChI=1S/C15H22N2O3.ClH/c1-10(16)15(18)17-8-4-5-12(17)11-6-7-13(19-2)14(9-11)20-3;/h6-7,9-10,12H,4-5,8,16H2,1-3H3;1H/t10-,12?;/m1./s1. The third-order valence-electron chi connectivity index (χ3n) is 3.72. The van der Waals surface area contributed by atoms with Crippen molar-refractivity contribution >= 4 is 18.3 Å². The quantitative estimate of drug-likeness (QED) is 0.924. The lowest BCUT2D eigenvalue weighted by Crippen LogP contribution is -2.41. The van der Waals surface area contributed by atoms with Gasteiger partial charge in [0, 0.05) is 6.54 Å². The summed E-state index contributed by atoms with van der Waals surface area (Å²) < 4.78 is 10.6. The molecule has 0 radical (unpaired) electrons. The molecule has 1 heterocycles. The Labute approximate surface area is 131 Å². The number of hydrogen-bond acceptors (Lipinski definition) is 4. The van der Waals surface area contributed by atoms with Crippen molar-refractivity contribution in [2.45, 2.75) is 31.8 Å². The minimum atomic E-state index is -0.462. The molecule has 2 N–H and O–H groups in total. The van der Waals surface area contributed by atoms with Crippen molar-refractivity contribution in [2.75, 3.05) is 20.8 Å². The summed E-state index contributed by atoms with van der Waals surface area (Å²) in [7, 11) is 3.22. The van der Waals surface area contributed by atoms with Crippen LogP contribution in [0.25, 0.3) is 0 Å². The number of carbonyl (C=O) groups excluding carboxylic acids is 1. The summed E-state index contributed by atoms with van der Waals surface area (Å²) >= 11 is 0. The maximum absolute atomic E-state index is 12.2. The van der Waals surface area contributed by atoms with Gasteiger partial charge in [0.05, 0.1) is 26.3 Å². The summed E-state index contributed by atoms with van der Waals surface area (Å²) in [5.41, 5.74) is 6.79. The topological polar surface area (TPSA) is 64.8 Å². The van der Waals surface area contributed by atoms with E-state index in [2.05, 4.69) is 0 Å². The van der Waals surface area contributed by atoms with Gasteiger partial charge in [0.25, 0.3) is 0 Å². The average molecular weight is 315 g/mol. The Bertz CT molecular complexity index is 494. The van der Waals surface area contributed by atoms with E-state index in [0.29, 0.717) is 11.5 Å². The first-order chi connectivity index (χ1) is 9.58. The molecule has 5 nitrogen and oxygen atoms in total. The summed E-state index contributed by atoms with van der Waals surface area (Å²) in [6.45, 7) is 2.49. The van der Waals surface area contributed by atoms with Crippen molar-refractivity contribution in [3.05, 3.63) is 23.8 Å². The van der Waals surface area contributed by atoms with Crippen LogP contribution in [0.2, 0.25) is 0 Å². The second-order valence-corrected chi connectivity index (χ2v) is 5.09. The van der Waals surface area contributed by atoms with E-state index in [-0.39, 0.29) is 24.4 Å². The maximum Gasteiger partial charge on any atom is 0.239 e. The highest BCUT2D eigenvalue weighted by Gasteiger charge is 2.31. The van der Waals surface area contributed by atoms with Crippen LogP contribution in [0.3, 0.4) is 0 Å². The average Bonchev–Trinajstić information content (AvgIpc) is 2.94. The molecule has 0 spiro atoms. The van der Waals surface area contributed by atoms with Crippen LogP contribution in [-0.4, -0.2) is 37.6 Å². The number of likely N-dealkylation sites (tertiary alicyclic amines) is 1. The number of methoxy groups -OCH3 is 2. The lowest BCUT2D eigenvalue weighted by Gasteiger charge is -2.27. The fourth-order valence-corrected chi connectivity index (χ4v) is 2.70. The Morgan fingerprint density at radius 2 is 2.00 bits per heavy atom. The third kappa shape index (κ3) is 3.60. The van der Waals surface area contributed by atoms with Gasteiger partial charge in [-0.1, -0.05) is 6.07 Å². The first-order valence-corrected chi connectivity index (χ1v) is 6.86. The molecule has 0 saturated carbocycles. The van der Waals surface area contributed by atoms with Crippen LogP contribution in [0.4, 0.5) is 0 Å². The number of benzene rings is 1. The Morgan fingerprint density at radius 1 is 1.33 bits per heavy atom. The first-order valence-electron chi connectivity index (χ1n) is 6.86. The zero-order valence-corrected chi connectivity index (χ0v) is 13.5. The zero-order chi connectivity index (χ0) is 14.7. The largest absolute Gasteiger partial charge is 0.493 e. The molecule has 6 heteroatoms. The highest BCUT2D eigenvalue weighted by atomic mass is 35.5. The van der Waals surface area contributed by atoms with Crippen LogP contribution in [-0.2, 0) is 4.79 Å². The van der Waals surface area contributed by atoms with E-state index in [4.69, 9.17) is 15.2 Å². The minimum absolute atomic E-state index is 0. The van der Waals surface area contributed by atoms with Crippen LogP contribution < -0.4 is 15.2 Å². The summed E-state index contributed by atoms with van der Waals surface area (Å²) in [5.74, 6) is 1.38. The summed E-state index contributed by atoms with van der Waals surface area (Å²) in [4.78, 5) is 14.0. The summed E-state index contributed by atoms with van der Waals surface area (Å²) in [6, 6.07) is 5.42. The number of halogens is 1. The highest BCUT2D eigenvalue weighted by molar-refractivity contribution is 5.85. The fraction of sp³-hybridized carbons (Fsp3) is 0.533. The molecule has 1 aromatic carbocycles. The number of hydrogen-bond donors (Lipinski definition) is 1. The SMILES string of the molecule is COc1ccc(C2CCCN2C(=O)[C@@H](C)N)cc1OC.Cl. The van der Waals surface area contributed by atoms with Gasteiger partial charge in [0.1, 0.15) is 0 Å². The molecule has 118 valence electrons. The Hall–Kier alpha value is -1.46. The van der Waals surface area contributed by atoms with E-state index in [1.165, 1.54) is 0 Å². The molecule has 1 fully saturated rings. The third-order valence-corrected chi connectivity index (χ3v) is 3.72. The van der Waals surface area contributed by atoms with Crippen molar-refractivity contribution in [2.24, 2.45) is 5.73 Å². The van der Waals surface area contributed by atoms with E-state index < -0.39 is 6.04 Å². The van der Waals surface area contributed by atoms with Crippen molar-refractivity contribution in [3.63, 3.8) is 0 Å². The van der Waals surface area contributed by atoms with Crippen LogP contribution >= 0.6 is 12.4 Å². The van der Waals surface area contributed by atoms with Crippen molar-refractivity contribution in [1.82, 2.24) is 4.90 Å². The number of nitrogens with two attached hydrogens (primary N) is 1. The second-order valence-electron chi connectivity index (χ2n) is 5.09. The van der Waals surface area contributed by atoms with Crippen LogP contribution in [0, 0.1) is 0 Å². The molecule has 0 bridgehead atoms. The highest BCUT2D eigenvalue weighted by Crippen LogP contribution is 2.36. The second kappa shape index (κ2) is 7.52. The number of ether oxygens (including phenoxy) is 2. The summed E-state index contributed by atoms with van der Waals surface area (Å²) in [5, 5.41) is 0. The molecule has 1 aliphatic rings. The zero-order valence-electron chi connectivity index (χ0n) is 12.7. The number of nitrogens with zero attached hydrogens (tertiary/aromatic N) is 1. The Kier molecular flexibility index (Phi) is 6.30. The fourth-order valence-electron chi connectivity index (χ4n) is 2.70. The van der Waals surface area contributed by atoms with Gasteiger partial charge in [-0.05, 0) is 37.5 Å².